The van der Waals surface area contributed by atoms with Crippen LogP contribution in [0.5, 0.6) is 5.88 Å². The minimum absolute atomic E-state index is 0.0442. The van der Waals surface area contributed by atoms with Gasteiger partial charge in [0, 0.05) is 19.5 Å². The fourth-order valence-electron chi connectivity index (χ4n) is 2.41. The number of hydrogen-bond acceptors (Lipinski definition) is 4. The second-order valence-corrected chi connectivity index (χ2v) is 4.96. The van der Waals surface area contributed by atoms with Gasteiger partial charge in [-0.3, -0.25) is 9.59 Å². The monoisotopic (exact) mass is 250 g/mol. The quantitative estimate of drug-likeness (QED) is 0.604. The molecule has 1 aromatic heterocycles. The van der Waals surface area contributed by atoms with E-state index in [1.54, 1.807) is 13.1 Å². The lowest BCUT2D eigenvalue weighted by molar-refractivity contribution is -0.123. The van der Waals surface area contributed by atoms with E-state index in [1.165, 1.54) is 11.8 Å². The highest BCUT2D eigenvalue weighted by molar-refractivity contribution is 6.10. The highest BCUT2D eigenvalue weighted by Gasteiger charge is 2.34. The molecule has 0 aliphatic heterocycles. The van der Waals surface area contributed by atoms with Crippen molar-refractivity contribution in [1.29, 1.82) is 0 Å². The average Bonchev–Trinajstić information content (AvgIpc) is 2.73. The number of carbonyl (C=O) groups excluding carboxylic acids is 2. The van der Waals surface area contributed by atoms with Gasteiger partial charge in [0.1, 0.15) is 11.5 Å². The molecule has 0 spiro atoms. The molecule has 98 valence electrons. The van der Waals surface area contributed by atoms with Gasteiger partial charge < -0.3 is 4.74 Å². The Morgan fingerprint density at radius 3 is 2.89 bits per heavy atom. The number of Topliss-reactive ketones (excluding diaryl/α,β-unsaturated/α-hetero) is 2. The molecule has 2 rings (SSSR count). The van der Waals surface area contributed by atoms with E-state index >= 15 is 0 Å². The topological polar surface area (TPSA) is 61.2 Å². The Morgan fingerprint density at radius 1 is 1.56 bits per heavy atom. The molecular weight excluding hydrogens is 232 g/mol. The fraction of sp³-hybridized carbons (Fsp3) is 0.615. The van der Waals surface area contributed by atoms with Gasteiger partial charge in [-0.05, 0) is 18.8 Å². The first kappa shape index (κ1) is 12.8. The Labute approximate surface area is 106 Å². The van der Waals surface area contributed by atoms with E-state index in [0.29, 0.717) is 30.3 Å². The SMILES string of the molecule is COc1cc(C(=O)C2CC(C)CCC2=O)nn1C. The Morgan fingerprint density at radius 2 is 2.28 bits per heavy atom. The van der Waals surface area contributed by atoms with Crippen molar-refractivity contribution in [1.82, 2.24) is 9.78 Å². The maximum absolute atomic E-state index is 12.3. The second kappa shape index (κ2) is 4.92. The van der Waals surface area contributed by atoms with E-state index in [4.69, 9.17) is 4.74 Å². The van der Waals surface area contributed by atoms with Crippen LogP contribution in [0, 0.1) is 11.8 Å². The lowest BCUT2D eigenvalue weighted by Gasteiger charge is -2.23. The number of aryl methyl sites for hydroxylation is 1. The summed E-state index contributed by atoms with van der Waals surface area (Å²) in [5.41, 5.74) is 0.321. The van der Waals surface area contributed by atoms with E-state index in [0.717, 1.165) is 6.42 Å². The number of aromatic nitrogens is 2. The maximum Gasteiger partial charge on any atom is 0.211 e. The normalized spacial score (nSPS) is 24.1. The summed E-state index contributed by atoms with van der Waals surface area (Å²) < 4.78 is 6.58. The average molecular weight is 250 g/mol. The Hall–Kier alpha value is -1.65. The third-order valence-corrected chi connectivity index (χ3v) is 3.53. The van der Waals surface area contributed by atoms with Crippen LogP contribution in [0.4, 0.5) is 0 Å². The molecule has 1 aliphatic rings. The Bertz CT molecular complexity index is 479. The maximum atomic E-state index is 12.3. The van der Waals surface area contributed by atoms with Crippen molar-refractivity contribution in [2.45, 2.75) is 26.2 Å². The standard InChI is InChI=1S/C13H18N2O3/c1-8-4-5-11(16)9(6-8)13(17)10-7-12(18-3)15(2)14-10/h7-9H,4-6H2,1-3H3. The number of methoxy groups -OCH3 is 1. The van der Waals surface area contributed by atoms with Crippen molar-refractivity contribution in [2.75, 3.05) is 7.11 Å². The molecule has 0 radical (unpaired) electrons. The molecule has 0 amide bonds. The molecule has 0 N–H and O–H groups in total. The van der Waals surface area contributed by atoms with Gasteiger partial charge in [-0.25, -0.2) is 4.68 Å². The van der Waals surface area contributed by atoms with Gasteiger partial charge in [-0.15, -0.1) is 0 Å². The van der Waals surface area contributed by atoms with Crippen LogP contribution in [-0.4, -0.2) is 28.5 Å². The smallest absolute Gasteiger partial charge is 0.211 e. The van der Waals surface area contributed by atoms with E-state index in [9.17, 15) is 9.59 Å². The third-order valence-electron chi connectivity index (χ3n) is 3.53. The fourth-order valence-corrected chi connectivity index (χ4v) is 2.41. The summed E-state index contributed by atoms with van der Waals surface area (Å²) in [5, 5.41) is 4.11. The molecule has 1 heterocycles. The lowest BCUT2D eigenvalue weighted by Crippen LogP contribution is -2.30. The molecule has 1 fully saturated rings. The number of hydrogen-bond donors (Lipinski definition) is 0. The van der Waals surface area contributed by atoms with E-state index < -0.39 is 5.92 Å². The number of carbonyl (C=O) groups is 2. The van der Waals surface area contributed by atoms with Crippen LogP contribution < -0.4 is 4.74 Å². The zero-order valence-electron chi connectivity index (χ0n) is 11.0. The van der Waals surface area contributed by atoms with Gasteiger partial charge in [-0.1, -0.05) is 6.92 Å². The molecule has 18 heavy (non-hydrogen) atoms. The molecular formula is C13H18N2O3. The van der Waals surface area contributed by atoms with Crippen molar-refractivity contribution in [2.24, 2.45) is 18.9 Å². The van der Waals surface area contributed by atoms with Crippen LogP contribution >= 0.6 is 0 Å². The molecule has 5 nitrogen and oxygen atoms in total. The van der Waals surface area contributed by atoms with Crippen LogP contribution in [0.2, 0.25) is 0 Å². The van der Waals surface area contributed by atoms with E-state index in [2.05, 4.69) is 12.0 Å². The summed E-state index contributed by atoms with van der Waals surface area (Å²) in [6.07, 6.45) is 2.02. The van der Waals surface area contributed by atoms with Gasteiger partial charge in [0.05, 0.1) is 13.0 Å². The summed E-state index contributed by atoms with van der Waals surface area (Å²) in [6, 6.07) is 1.59. The van der Waals surface area contributed by atoms with Gasteiger partial charge in [-0.2, -0.15) is 5.10 Å². The first-order valence-corrected chi connectivity index (χ1v) is 6.18. The number of ketones is 2. The summed E-state index contributed by atoms with van der Waals surface area (Å²) >= 11 is 0. The Kier molecular flexibility index (Phi) is 3.50. The van der Waals surface area contributed by atoms with Crippen molar-refractivity contribution in [3.63, 3.8) is 0 Å². The van der Waals surface area contributed by atoms with Crippen molar-refractivity contribution in [3.05, 3.63) is 11.8 Å². The highest BCUT2D eigenvalue weighted by Crippen LogP contribution is 2.29. The van der Waals surface area contributed by atoms with Crippen molar-refractivity contribution in [3.8, 4) is 5.88 Å². The first-order chi connectivity index (χ1) is 8.52. The summed E-state index contributed by atoms with van der Waals surface area (Å²) in [7, 11) is 3.24. The Balaban J connectivity index is 2.21. The van der Waals surface area contributed by atoms with Crippen LogP contribution in [0.1, 0.15) is 36.7 Å². The van der Waals surface area contributed by atoms with Gasteiger partial charge in [0.2, 0.25) is 5.88 Å². The molecule has 0 bridgehead atoms. The van der Waals surface area contributed by atoms with Gasteiger partial charge in [0.25, 0.3) is 0 Å². The van der Waals surface area contributed by atoms with Crippen LogP contribution in [0.25, 0.3) is 0 Å². The molecule has 1 aliphatic carbocycles. The number of nitrogens with zero attached hydrogens (tertiary/aromatic N) is 2. The number of rotatable bonds is 3. The van der Waals surface area contributed by atoms with E-state index in [1.807, 2.05) is 0 Å². The number of ether oxygens (including phenoxy) is 1. The van der Waals surface area contributed by atoms with Gasteiger partial charge >= 0.3 is 0 Å². The minimum Gasteiger partial charge on any atom is -0.481 e. The van der Waals surface area contributed by atoms with Crippen molar-refractivity contribution >= 4 is 11.6 Å². The van der Waals surface area contributed by atoms with Crippen LogP contribution in [0.3, 0.4) is 0 Å². The predicted octanol–water partition coefficient (Wildman–Crippen LogP) is 1.62. The second-order valence-electron chi connectivity index (χ2n) is 4.96. The van der Waals surface area contributed by atoms with Gasteiger partial charge in [0.15, 0.2) is 5.78 Å². The first-order valence-electron chi connectivity index (χ1n) is 6.18. The van der Waals surface area contributed by atoms with Crippen molar-refractivity contribution < 1.29 is 14.3 Å². The summed E-state index contributed by atoms with van der Waals surface area (Å²) in [5.74, 6) is 0.290. The molecule has 1 saturated carbocycles. The zero-order valence-corrected chi connectivity index (χ0v) is 11.0. The summed E-state index contributed by atoms with van der Waals surface area (Å²) in [6.45, 7) is 2.08. The molecule has 2 unspecified atom stereocenters. The predicted molar refractivity (Wildman–Crippen MR) is 65.6 cm³/mol. The molecule has 5 heteroatoms. The third kappa shape index (κ3) is 2.30. The molecule has 0 saturated heterocycles. The lowest BCUT2D eigenvalue weighted by atomic mass is 9.78. The molecule has 0 aromatic carbocycles. The zero-order chi connectivity index (χ0) is 13.3. The summed E-state index contributed by atoms with van der Waals surface area (Å²) in [4.78, 5) is 24.1. The molecule has 1 aromatic rings. The van der Waals surface area contributed by atoms with Crippen LogP contribution in [0.15, 0.2) is 6.07 Å². The minimum atomic E-state index is -0.520. The largest absolute Gasteiger partial charge is 0.481 e. The highest BCUT2D eigenvalue weighted by atomic mass is 16.5. The van der Waals surface area contributed by atoms with Crippen LogP contribution in [-0.2, 0) is 11.8 Å². The molecule has 2 atom stereocenters. The van der Waals surface area contributed by atoms with E-state index in [-0.39, 0.29) is 11.6 Å².